The fourth-order valence-corrected chi connectivity index (χ4v) is 4.75. The number of hydrogen-bond acceptors (Lipinski definition) is 6. The molecule has 39 heavy (non-hydrogen) atoms. The van der Waals surface area contributed by atoms with Crippen molar-refractivity contribution >= 4 is 22.4 Å². The predicted octanol–water partition coefficient (Wildman–Crippen LogP) is 7.44. The molecule has 0 saturated carbocycles. The van der Waals surface area contributed by atoms with Crippen LogP contribution in [0.5, 0.6) is 11.5 Å². The molecule has 0 aliphatic heterocycles. The number of rotatable bonds is 22. The fourth-order valence-electron chi connectivity index (χ4n) is 4.46. The average Bonchev–Trinajstić information content (AvgIpc) is 2.95. The summed E-state index contributed by atoms with van der Waals surface area (Å²) in [5, 5.41) is 22.8. The molecule has 0 radical (unpaired) electrons. The highest BCUT2D eigenvalue weighted by Gasteiger charge is 2.14. The van der Waals surface area contributed by atoms with Crippen LogP contribution in [0, 0.1) is 11.8 Å². The maximum Gasteiger partial charge on any atom is 0.138 e. The summed E-state index contributed by atoms with van der Waals surface area (Å²) in [5.41, 5.74) is 0. The van der Waals surface area contributed by atoms with Crippen LogP contribution in [0.4, 0.5) is 0 Å². The predicted molar refractivity (Wildman–Crippen MR) is 160 cm³/mol. The first-order chi connectivity index (χ1) is 18.9. The first-order valence-electron chi connectivity index (χ1n) is 14.9. The van der Waals surface area contributed by atoms with Crippen molar-refractivity contribution in [3.05, 3.63) is 35.4 Å². The van der Waals surface area contributed by atoms with Gasteiger partial charge in [-0.3, -0.25) is 0 Å². The van der Waals surface area contributed by atoms with Gasteiger partial charge >= 0.3 is 0 Å². The number of aliphatic hydroxyl groups is 2. The van der Waals surface area contributed by atoms with Crippen molar-refractivity contribution in [2.24, 2.45) is 11.8 Å². The summed E-state index contributed by atoms with van der Waals surface area (Å²) >= 11 is 6.61. The number of unbranched alkanes of at least 4 members (excludes halogenated alkanes) is 2. The number of aliphatic hydroxyl groups excluding tert-OH is 2. The molecule has 4 atom stereocenters. The lowest BCUT2D eigenvalue weighted by atomic mass is 10.0. The van der Waals surface area contributed by atoms with Gasteiger partial charge in [0.05, 0.1) is 18.2 Å². The van der Waals surface area contributed by atoms with E-state index < -0.39 is 12.2 Å². The van der Waals surface area contributed by atoms with E-state index in [0.29, 0.717) is 41.6 Å². The molecule has 4 unspecified atom stereocenters. The van der Waals surface area contributed by atoms with Gasteiger partial charge in [-0.2, -0.15) is 0 Å². The molecule has 0 heterocycles. The summed E-state index contributed by atoms with van der Waals surface area (Å²) in [7, 11) is 0. The molecule has 0 amide bonds. The highest BCUT2D eigenvalue weighted by Crippen LogP contribution is 2.34. The van der Waals surface area contributed by atoms with E-state index in [4.69, 9.17) is 30.5 Å². The first kappa shape index (κ1) is 33.6. The zero-order chi connectivity index (χ0) is 28.5. The Balaban J connectivity index is 1.79. The molecule has 6 nitrogen and oxygen atoms in total. The molecular weight excluding hydrogens is 516 g/mol. The molecule has 2 rings (SSSR count). The Morgan fingerprint density at radius 1 is 0.692 bits per heavy atom. The van der Waals surface area contributed by atoms with Crippen LogP contribution < -0.4 is 9.47 Å². The van der Waals surface area contributed by atoms with Gasteiger partial charge in [0, 0.05) is 18.6 Å². The molecule has 2 N–H and O–H groups in total. The monoisotopic (exact) mass is 566 g/mol. The summed E-state index contributed by atoms with van der Waals surface area (Å²) in [6.07, 6.45) is 7.87. The third-order valence-electron chi connectivity index (χ3n) is 7.18. The molecule has 0 aromatic heterocycles. The molecule has 2 aromatic carbocycles. The van der Waals surface area contributed by atoms with E-state index in [0.717, 1.165) is 30.0 Å². The van der Waals surface area contributed by atoms with Gasteiger partial charge in [0.25, 0.3) is 0 Å². The third-order valence-corrected chi connectivity index (χ3v) is 7.57. The third kappa shape index (κ3) is 12.6. The van der Waals surface area contributed by atoms with E-state index in [1.165, 1.54) is 32.1 Å². The van der Waals surface area contributed by atoms with Gasteiger partial charge in [0.1, 0.15) is 36.9 Å². The van der Waals surface area contributed by atoms with Gasteiger partial charge < -0.3 is 29.2 Å². The lowest BCUT2D eigenvalue weighted by Gasteiger charge is -2.18. The molecule has 0 aliphatic carbocycles. The Labute approximate surface area is 240 Å². The van der Waals surface area contributed by atoms with Crippen molar-refractivity contribution in [3.63, 3.8) is 0 Å². The Hall–Kier alpha value is -1.57. The van der Waals surface area contributed by atoms with Crippen LogP contribution in [0.15, 0.2) is 30.3 Å². The van der Waals surface area contributed by atoms with Crippen molar-refractivity contribution in [2.45, 2.75) is 91.3 Å². The fraction of sp³-hybridized carbons (Fsp3) is 0.688. The van der Waals surface area contributed by atoms with Crippen molar-refractivity contribution in [1.82, 2.24) is 0 Å². The minimum atomic E-state index is -0.726. The molecular formula is C32H51ClO6. The Morgan fingerprint density at radius 2 is 1.26 bits per heavy atom. The van der Waals surface area contributed by atoms with Gasteiger partial charge in [-0.1, -0.05) is 83.9 Å². The van der Waals surface area contributed by atoms with Gasteiger partial charge in [-0.25, -0.2) is 0 Å². The van der Waals surface area contributed by atoms with E-state index in [-0.39, 0.29) is 26.4 Å². The van der Waals surface area contributed by atoms with Crippen molar-refractivity contribution in [2.75, 3.05) is 39.6 Å². The summed E-state index contributed by atoms with van der Waals surface area (Å²) in [6.45, 7) is 10.9. The summed E-state index contributed by atoms with van der Waals surface area (Å²) in [6, 6.07) is 9.30. The summed E-state index contributed by atoms with van der Waals surface area (Å²) in [5.74, 6) is 2.25. The lowest BCUT2D eigenvalue weighted by Crippen LogP contribution is -2.25. The lowest BCUT2D eigenvalue weighted by molar-refractivity contribution is -0.00111. The molecule has 0 spiro atoms. The highest BCUT2D eigenvalue weighted by molar-refractivity contribution is 6.37. The quantitative estimate of drug-likeness (QED) is 0.154. The molecule has 2 aromatic rings. The minimum Gasteiger partial charge on any atom is -0.491 e. The van der Waals surface area contributed by atoms with Crippen LogP contribution in [-0.2, 0) is 9.47 Å². The largest absolute Gasteiger partial charge is 0.491 e. The second-order valence-corrected chi connectivity index (χ2v) is 11.0. The zero-order valence-corrected chi connectivity index (χ0v) is 25.3. The summed E-state index contributed by atoms with van der Waals surface area (Å²) < 4.78 is 23.1. The number of benzene rings is 2. The number of hydrogen-bond donors (Lipinski definition) is 2. The van der Waals surface area contributed by atoms with E-state index in [1.54, 1.807) is 6.07 Å². The van der Waals surface area contributed by atoms with E-state index in [1.807, 2.05) is 24.3 Å². The second-order valence-electron chi connectivity index (χ2n) is 10.6. The average molecular weight is 567 g/mol. The van der Waals surface area contributed by atoms with Gasteiger partial charge in [0.2, 0.25) is 0 Å². The van der Waals surface area contributed by atoms with Crippen molar-refractivity contribution in [1.29, 1.82) is 0 Å². The topological polar surface area (TPSA) is 77.4 Å². The minimum absolute atomic E-state index is 0.107. The molecule has 0 saturated heterocycles. The molecule has 7 heteroatoms. The van der Waals surface area contributed by atoms with Crippen LogP contribution in [0.2, 0.25) is 5.02 Å². The number of fused-ring (bicyclic) bond motifs is 1. The van der Waals surface area contributed by atoms with E-state index >= 15 is 0 Å². The van der Waals surface area contributed by atoms with Crippen LogP contribution in [0.3, 0.4) is 0 Å². The van der Waals surface area contributed by atoms with E-state index in [9.17, 15) is 10.2 Å². The van der Waals surface area contributed by atoms with Crippen molar-refractivity contribution < 1.29 is 29.2 Å². The standard InChI is InChI=1S/C32H51ClO6/c1-5-9-11-24(7-3)18-36-20-27(34)22-38-29-14-15-30-26(17-29)13-16-31(32(30)33)39-23-28(35)21-37-19-25(8-4)12-10-6-2/h13-17,24-25,27-28,34-35H,5-12,18-23H2,1-4H3. The van der Waals surface area contributed by atoms with Crippen LogP contribution in [0.25, 0.3) is 10.8 Å². The molecule has 0 aliphatic rings. The highest BCUT2D eigenvalue weighted by atomic mass is 35.5. The maximum absolute atomic E-state index is 10.3. The second kappa shape index (κ2) is 19.5. The van der Waals surface area contributed by atoms with Gasteiger partial charge in [-0.15, -0.1) is 0 Å². The summed E-state index contributed by atoms with van der Waals surface area (Å²) in [4.78, 5) is 0. The van der Waals surface area contributed by atoms with Crippen molar-refractivity contribution in [3.8, 4) is 11.5 Å². The van der Waals surface area contributed by atoms with Gasteiger partial charge in [-0.05, 0) is 54.3 Å². The maximum atomic E-state index is 10.3. The van der Waals surface area contributed by atoms with Crippen LogP contribution in [0.1, 0.15) is 79.1 Å². The smallest absolute Gasteiger partial charge is 0.138 e. The Bertz CT molecular complexity index is 923. The molecule has 0 bridgehead atoms. The Kier molecular flexibility index (Phi) is 16.8. The first-order valence-corrected chi connectivity index (χ1v) is 15.3. The van der Waals surface area contributed by atoms with E-state index in [2.05, 4.69) is 27.7 Å². The molecule has 222 valence electrons. The van der Waals surface area contributed by atoms with Gasteiger partial charge in [0.15, 0.2) is 0 Å². The number of halogens is 1. The number of ether oxygens (including phenoxy) is 4. The zero-order valence-electron chi connectivity index (χ0n) is 24.5. The Morgan fingerprint density at radius 3 is 1.79 bits per heavy atom. The SMILES string of the molecule is CCCCC(CC)COCC(O)COc1ccc2c(Cl)c(OCC(O)COCC(CC)CCCC)ccc2c1. The van der Waals surface area contributed by atoms with Crippen LogP contribution in [-0.4, -0.2) is 62.1 Å². The van der Waals surface area contributed by atoms with Crippen LogP contribution >= 0.6 is 11.6 Å². The molecule has 0 fully saturated rings. The normalized spacial score (nSPS) is 14.7.